The predicted octanol–water partition coefficient (Wildman–Crippen LogP) is 7.87. The maximum Gasteiger partial charge on any atom is 0.416 e. The van der Waals surface area contributed by atoms with E-state index in [2.05, 4.69) is 20.6 Å². The lowest BCUT2D eigenvalue weighted by molar-refractivity contribution is -0.138. The van der Waals surface area contributed by atoms with E-state index in [4.69, 9.17) is 0 Å². The third-order valence-electron chi connectivity index (χ3n) is 7.09. The van der Waals surface area contributed by atoms with Gasteiger partial charge in [-0.2, -0.15) is 26.3 Å². The normalized spacial score (nSPS) is 12.5. The lowest BCUT2D eigenvalue weighted by Gasteiger charge is -2.19. The first-order valence-electron chi connectivity index (χ1n) is 12.6. The zero-order valence-corrected chi connectivity index (χ0v) is 21.2. The third kappa shape index (κ3) is 4.06. The molecule has 0 fully saturated rings. The van der Waals surface area contributed by atoms with Gasteiger partial charge in [0.15, 0.2) is 0 Å². The van der Waals surface area contributed by atoms with Gasteiger partial charge in [-0.25, -0.2) is 9.36 Å². The van der Waals surface area contributed by atoms with Crippen molar-refractivity contribution in [1.82, 2.24) is 30.0 Å². The van der Waals surface area contributed by atoms with Crippen molar-refractivity contribution in [2.75, 3.05) is 0 Å². The molecule has 4 aromatic carbocycles. The Kier molecular flexibility index (Phi) is 5.58. The first-order valence-corrected chi connectivity index (χ1v) is 12.6. The van der Waals surface area contributed by atoms with Gasteiger partial charge in [-0.3, -0.25) is 0 Å². The van der Waals surface area contributed by atoms with Gasteiger partial charge in [-0.1, -0.05) is 59.0 Å². The number of hydrogen-bond donors (Lipinski definition) is 0. The summed E-state index contributed by atoms with van der Waals surface area (Å²) in [5.41, 5.74) is 3.69. The molecule has 0 bridgehead atoms. The van der Waals surface area contributed by atoms with Crippen LogP contribution in [-0.4, -0.2) is 30.0 Å². The summed E-state index contributed by atoms with van der Waals surface area (Å²) in [6, 6.07) is 23.7. The van der Waals surface area contributed by atoms with Gasteiger partial charge in [0.05, 0.1) is 22.5 Å². The Morgan fingerprint density at radius 2 is 0.762 bits per heavy atom. The van der Waals surface area contributed by atoms with Crippen molar-refractivity contribution in [3.8, 4) is 56.4 Å². The van der Waals surface area contributed by atoms with Gasteiger partial charge in [0.2, 0.25) is 0 Å². The molecular weight excluding hydrogens is 558 g/mol. The van der Waals surface area contributed by atoms with Gasteiger partial charge in [0, 0.05) is 22.3 Å². The average molecular weight is 574 g/mol. The molecule has 12 heteroatoms. The SMILES string of the molecule is FC(F)(F)c1ccc(-n2nnc3c2-c2ccccc2-c2c(nnn2-c2ccc(C(F)(F)F)cc2)-c2ccccc2-3)cc1. The zero-order chi connectivity index (χ0) is 29.2. The second-order valence-corrected chi connectivity index (χ2v) is 9.58. The number of fused-ring (bicyclic) bond motifs is 8. The first-order chi connectivity index (χ1) is 20.1. The van der Waals surface area contributed by atoms with Crippen molar-refractivity contribution in [3.05, 3.63) is 108 Å². The van der Waals surface area contributed by atoms with Crippen LogP contribution in [0.15, 0.2) is 97.1 Å². The highest BCUT2D eigenvalue weighted by Crippen LogP contribution is 2.47. The molecule has 0 spiro atoms. The van der Waals surface area contributed by atoms with Crippen LogP contribution in [0.25, 0.3) is 56.4 Å². The van der Waals surface area contributed by atoms with Gasteiger partial charge < -0.3 is 0 Å². The summed E-state index contributed by atoms with van der Waals surface area (Å²) in [7, 11) is 0. The number of rotatable bonds is 2. The Morgan fingerprint density at radius 3 is 1.10 bits per heavy atom. The summed E-state index contributed by atoms with van der Waals surface area (Å²) in [6.45, 7) is 0. The number of nitrogens with zero attached hydrogens (tertiary/aromatic N) is 6. The molecule has 0 atom stereocenters. The summed E-state index contributed by atoms with van der Waals surface area (Å²) >= 11 is 0. The minimum Gasteiger partial charge on any atom is -0.212 e. The van der Waals surface area contributed by atoms with E-state index >= 15 is 0 Å². The van der Waals surface area contributed by atoms with Gasteiger partial charge >= 0.3 is 12.4 Å². The molecule has 0 N–H and O–H groups in total. The van der Waals surface area contributed by atoms with Crippen LogP contribution in [0.2, 0.25) is 0 Å². The van der Waals surface area contributed by atoms with Gasteiger partial charge in [0.25, 0.3) is 0 Å². The maximum atomic E-state index is 13.3. The molecule has 1 aliphatic carbocycles. The zero-order valence-electron chi connectivity index (χ0n) is 21.2. The van der Waals surface area contributed by atoms with Gasteiger partial charge in [0.1, 0.15) is 22.8 Å². The van der Waals surface area contributed by atoms with Gasteiger partial charge in [-0.05, 0) is 48.5 Å². The molecule has 0 radical (unpaired) electrons. The molecular formula is C30H16F6N6. The smallest absolute Gasteiger partial charge is 0.212 e. The van der Waals surface area contributed by atoms with Crippen LogP contribution in [0.3, 0.4) is 0 Å². The Morgan fingerprint density at radius 1 is 0.429 bits per heavy atom. The fraction of sp³-hybridized carbons (Fsp3) is 0.0667. The standard InChI is InChI=1S/C30H16F6N6/c31-29(32,33)17-9-13-19(14-10-17)41-27-23-7-3-4-8-24(23)28-26(22-6-2-1-5-21(22)25(27)37-39-41)38-40-42(28)20-15-11-18(12-16-20)30(34,35)36/h1-16H. The molecule has 6 aromatic rings. The van der Waals surface area contributed by atoms with Crippen LogP contribution in [0, 0.1) is 0 Å². The summed E-state index contributed by atoms with van der Waals surface area (Å²) in [4.78, 5) is 0. The fourth-order valence-corrected chi connectivity index (χ4v) is 5.15. The molecule has 2 heterocycles. The monoisotopic (exact) mass is 574 g/mol. The van der Waals surface area contributed by atoms with Crippen LogP contribution in [-0.2, 0) is 12.4 Å². The largest absolute Gasteiger partial charge is 0.416 e. The van der Waals surface area contributed by atoms with Crippen LogP contribution >= 0.6 is 0 Å². The topological polar surface area (TPSA) is 61.4 Å². The molecule has 2 aromatic heterocycles. The molecule has 208 valence electrons. The van der Waals surface area contributed by atoms with E-state index in [1.54, 1.807) is 12.1 Å². The minimum absolute atomic E-state index is 0.360. The van der Waals surface area contributed by atoms with Gasteiger partial charge in [-0.15, -0.1) is 10.2 Å². The van der Waals surface area contributed by atoms with Crippen molar-refractivity contribution in [1.29, 1.82) is 0 Å². The van der Waals surface area contributed by atoms with E-state index in [1.807, 2.05) is 36.4 Å². The average Bonchev–Trinajstić information content (AvgIpc) is 3.61. The number of alkyl halides is 6. The van der Waals surface area contributed by atoms with Crippen molar-refractivity contribution in [2.24, 2.45) is 0 Å². The van der Waals surface area contributed by atoms with E-state index < -0.39 is 23.5 Å². The molecule has 42 heavy (non-hydrogen) atoms. The molecule has 6 nitrogen and oxygen atoms in total. The fourth-order valence-electron chi connectivity index (χ4n) is 5.15. The number of hydrogen-bond acceptors (Lipinski definition) is 4. The Bertz CT molecular complexity index is 1810. The van der Waals surface area contributed by atoms with Crippen molar-refractivity contribution < 1.29 is 26.3 Å². The van der Waals surface area contributed by atoms with E-state index in [0.717, 1.165) is 24.3 Å². The second kappa shape index (κ2) is 9.13. The molecule has 7 rings (SSSR count). The van der Waals surface area contributed by atoms with Crippen molar-refractivity contribution in [3.63, 3.8) is 0 Å². The Balaban J connectivity index is 1.49. The lowest BCUT2D eigenvalue weighted by Crippen LogP contribution is -2.07. The molecule has 0 saturated carbocycles. The van der Waals surface area contributed by atoms with E-state index in [1.165, 1.54) is 33.6 Å². The van der Waals surface area contributed by atoms with E-state index in [0.29, 0.717) is 56.4 Å². The number of halogens is 6. The third-order valence-corrected chi connectivity index (χ3v) is 7.09. The molecule has 0 unspecified atom stereocenters. The Labute approximate surface area is 233 Å². The predicted molar refractivity (Wildman–Crippen MR) is 142 cm³/mol. The number of aromatic nitrogens is 6. The van der Waals surface area contributed by atoms with E-state index in [-0.39, 0.29) is 0 Å². The summed E-state index contributed by atoms with van der Waals surface area (Å²) in [5, 5.41) is 17.6. The molecule has 0 aliphatic heterocycles. The highest BCUT2D eigenvalue weighted by molar-refractivity contribution is 5.99. The molecule has 0 amide bonds. The Hall–Kier alpha value is -5.26. The van der Waals surface area contributed by atoms with Crippen molar-refractivity contribution >= 4 is 0 Å². The van der Waals surface area contributed by atoms with Crippen LogP contribution in [0.4, 0.5) is 26.3 Å². The summed E-state index contributed by atoms with van der Waals surface area (Å²) in [5.74, 6) is 0. The first kappa shape index (κ1) is 25.7. The minimum atomic E-state index is -4.50. The quantitative estimate of drug-likeness (QED) is 0.197. The highest BCUT2D eigenvalue weighted by atomic mass is 19.4. The lowest BCUT2D eigenvalue weighted by atomic mass is 9.89. The maximum absolute atomic E-state index is 13.3. The second-order valence-electron chi connectivity index (χ2n) is 9.58. The molecule has 1 aliphatic rings. The summed E-state index contributed by atoms with van der Waals surface area (Å²) in [6.07, 6.45) is -9.00. The van der Waals surface area contributed by atoms with Crippen LogP contribution < -0.4 is 0 Å². The summed E-state index contributed by atoms with van der Waals surface area (Å²) < 4.78 is 82.5. The van der Waals surface area contributed by atoms with Crippen LogP contribution in [0.5, 0.6) is 0 Å². The van der Waals surface area contributed by atoms with Crippen molar-refractivity contribution in [2.45, 2.75) is 12.4 Å². The van der Waals surface area contributed by atoms with E-state index in [9.17, 15) is 26.3 Å². The highest BCUT2D eigenvalue weighted by Gasteiger charge is 2.33. The van der Waals surface area contributed by atoms with Crippen LogP contribution in [0.1, 0.15) is 11.1 Å². The number of benzene rings is 4. The molecule has 0 saturated heterocycles.